The van der Waals surface area contributed by atoms with Crippen molar-refractivity contribution in [2.45, 2.75) is 43.0 Å². The van der Waals surface area contributed by atoms with E-state index < -0.39 is 45.1 Å². The number of rotatable bonds is 9. The standard InChI is InChI=1S/C21H27ClFNO8S/c1-4-30-20(25)14-10-21(31-17(11-28-2)18(32-21)12-29-3)8-7-19(14)33(26,27)24-16-6-5-13(23)9-15(16)22/h5-6,9-10,17-19,24H,4,7-8,11-12H2,1-3H3/t17-,18-,19?/m0/s1. The van der Waals surface area contributed by atoms with E-state index in [2.05, 4.69) is 4.72 Å². The minimum absolute atomic E-state index is 0.00179. The number of sulfonamides is 1. The summed E-state index contributed by atoms with van der Waals surface area (Å²) in [7, 11) is -1.12. The van der Waals surface area contributed by atoms with E-state index in [1.165, 1.54) is 26.4 Å². The molecular formula is C21H27ClFNO8S. The van der Waals surface area contributed by atoms with Crippen molar-refractivity contribution in [1.29, 1.82) is 0 Å². The molecule has 12 heteroatoms. The number of carbonyl (C=O) groups excluding carboxylic acids is 1. The molecule has 3 rings (SSSR count). The average molecular weight is 508 g/mol. The fourth-order valence-electron chi connectivity index (χ4n) is 3.90. The molecule has 1 aromatic carbocycles. The Morgan fingerprint density at radius 2 is 1.88 bits per heavy atom. The van der Waals surface area contributed by atoms with Crippen LogP contribution in [0.3, 0.4) is 0 Å². The Labute approximate surface area is 197 Å². The Balaban J connectivity index is 1.94. The minimum atomic E-state index is -4.16. The van der Waals surface area contributed by atoms with Gasteiger partial charge >= 0.3 is 5.97 Å². The zero-order chi connectivity index (χ0) is 24.2. The molecule has 0 amide bonds. The van der Waals surface area contributed by atoms with Crippen molar-refractivity contribution < 1.29 is 41.3 Å². The Kier molecular flexibility index (Phi) is 8.35. The van der Waals surface area contributed by atoms with Crippen LogP contribution in [0.15, 0.2) is 29.8 Å². The van der Waals surface area contributed by atoms with Crippen LogP contribution in [0.1, 0.15) is 19.8 Å². The van der Waals surface area contributed by atoms with E-state index in [9.17, 15) is 17.6 Å². The first kappa shape index (κ1) is 25.9. The zero-order valence-electron chi connectivity index (χ0n) is 18.5. The zero-order valence-corrected chi connectivity index (χ0v) is 20.1. The number of benzene rings is 1. The van der Waals surface area contributed by atoms with Gasteiger partial charge < -0.3 is 23.7 Å². The third-order valence-electron chi connectivity index (χ3n) is 5.32. The van der Waals surface area contributed by atoms with Crippen molar-refractivity contribution in [2.75, 3.05) is 38.8 Å². The van der Waals surface area contributed by atoms with E-state index in [1.807, 2.05) is 0 Å². The number of ether oxygens (including phenoxy) is 5. The van der Waals surface area contributed by atoms with Gasteiger partial charge in [0.1, 0.15) is 23.3 Å². The molecule has 1 aromatic rings. The summed E-state index contributed by atoms with van der Waals surface area (Å²) in [5, 5.41) is -1.38. The van der Waals surface area contributed by atoms with Crippen LogP contribution in [0.25, 0.3) is 0 Å². The summed E-state index contributed by atoms with van der Waals surface area (Å²) in [4.78, 5) is 12.8. The quantitative estimate of drug-likeness (QED) is 0.508. The second kappa shape index (κ2) is 10.7. The van der Waals surface area contributed by atoms with Gasteiger partial charge in [0, 0.05) is 20.6 Å². The second-order valence-electron chi connectivity index (χ2n) is 7.65. The first-order valence-corrected chi connectivity index (χ1v) is 12.3. The summed E-state index contributed by atoms with van der Waals surface area (Å²) < 4.78 is 69.8. The molecule has 1 N–H and O–H groups in total. The van der Waals surface area contributed by atoms with Gasteiger partial charge in [0.25, 0.3) is 0 Å². The lowest BCUT2D eigenvalue weighted by atomic mass is 9.94. The maximum Gasteiger partial charge on any atom is 0.335 e. The third kappa shape index (κ3) is 5.84. The molecule has 0 bridgehead atoms. The van der Waals surface area contributed by atoms with Crippen molar-refractivity contribution in [3.05, 3.63) is 40.7 Å². The number of carbonyl (C=O) groups is 1. The Bertz CT molecular complexity index is 988. The van der Waals surface area contributed by atoms with Crippen LogP contribution in [-0.2, 0) is 38.5 Å². The van der Waals surface area contributed by atoms with Crippen LogP contribution < -0.4 is 4.72 Å². The summed E-state index contributed by atoms with van der Waals surface area (Å²) in [6.07, 6.45) is 0.568. The summed E-state index contributed by atoms with van der Waals surface area (Å²) >= 11 is 5.98. The van der Waals surface area contributed by atoms with Gasteiger partial charge in [-0.2, -0.15) is 0 Å². The monoisotopic (exact) mass is 507 g/mol. The Morgan fingerprint density at radius 1 is 1.24 bits per heavy atom. The minimum Gasteiger partial charge on any atom is -0.463 e. The van der Waals surface area contributed by atoms with Crippen molar-refractivity contribution >= 4 is 33.3 Å². The van der Waals surface area contributed by atoms with Gasteiger partial charge in [0.05, 0.1) is 36.1 Å². The van der Waals surface area contributed by atoms with E-state index in [4.69, 9.17) is 35.3 Å². The SMILES string of the molecule is CCOC(=O)C1=CC2(CCC1S(=O)(=O)Nc1ccc(F)cc1Cl)O[C@@H](COC)[C@H](COC)O2. The third-order valence-corrected chi connectivity index (χ3v) is 7.38. The van der Waals surface area contributed by atoms with Crippen LogP contribution in [0.2, 0.25) is 5.02 Å². The van der Waals surface area contributed by atoms with Gasteiger partial charge in [0.2, 0.25) is 10.0 Å². The normalized spacial score (nSPS) is 24.5. The van der Waals surface area contributed by atoms with Gasteiger partial charge in [-0.25, -0.2) is 17.6 Å². The Morgan fingerprint density at radius 3 is 2.42 bits per heavy atom. The van der Waals surface area contributed by atoms with Crippen LogP contribution in [-0.4, -0.2) is 71.7 Å². The number of hydrogen-bond acceptors (Lipinski definition) is 8. The summed E-state index contributed by atoms with van der Waals surface area (Å²) in [5.41, 5.74) is -0.127. The molecule has 1 fully saturated rings. The molecule has 3 atom stereocenters. The first-order valence-electron chi connectivity index (χ1n) is 10.3. The lowest BCUT2D eigenvalue weighted by Gasteiger charge is -2.33. The van der Waals surface area contributed by atoms with E-state index >= 15 is 0 Å². The van der Waals surface area contributed by atoms with Crippen LogP contribution >= 0.6 is 11.6 Å². The molecule has 184 valence electrons. The van der Waals surface area contributed by atoms with Crippen molar-refractivity contribution in [2.24, 2.45) is 0 Å². The highest BCUT2D eigenvalue weighted by molar-refractivity contribution is 7.93. The number of esters is 1. The van der Waals surface area contributed by atoms with Gasteiger partial charge in [-0.05, 0) is 37.6 Å². The lowest BCUT2D eigenvalue weighted by molar-refractivity contribution is -0.155. The molecule has 33 heavy (non-hydrogen) atoms. The molecule has 1 heterocycles. The average Bonchev–Trinajstić information content (AvgIpc) is 3.07. The number of hydrogen-bond donors (Lipinski definition) is 1. The van der Waals surface area contributed by atoms with Crippen LogP contribution in [0.4, 0.5) is 10.1 Å². The highest BCUT2D eigenvalue weighted by Crippen LogP contribution is 2.41. The van der Waals surface area contributed by atoms with Crippen molar-refractivity contribution in [3.63, 3.8) is 0 Å². The number of nitrogens with one attached hydrogen (secondary N) is 1. The molecule has 1 spiro atoms. The van der Waals surface area contributed by atoms with Crippen LogP contribution in [0, 0.1) is 5.82 Å². The molecule has 1 aliphatic carbocycles. The van der Waals surface area contributed by atoms with Crippen molar-refractivity contribution in [3.8, 4) is 0 Å². The largest absolute Gasteiger partial charge is 0.463 e. The highest BCUT2D eigenvalue weighted by atomic mass is 35.5. The smallest absolute Gasteiger partial charge is 0.335 e. The van der Waals surface area contributed by atoms with Gasteiger partial charge in [-0.1, -0.05) is 11.6 Å². The molecular weight excluding hydrogens is 481 g/mol. The molecule has 9 nitrogen and oxygen atoms in total. The van der Waals surface area contributed by atoms with E-state index in [1.54, 1.807) is 6.92 Å². The lowest BCUT2D eigenvalue weighted by Crippen LogP contribution is -2.42. The number of halogens is 2. The summed E-state index contributed by atoms with van der Waals surface area (Å²) in [5.74, 6) is -2.74. The topological polar surface area (TPSA) is 109 Å². The molecule has 0 aromatic heterocycles. The van der Waals surface area contributed by atoms with Gasteiger partial charge in [-0.3, -0.25) is 4.72 Å². The predicted molar refractivity (Wildman–Crippen MR) is 118 cm³/mol. The molecule has 0 saturated carbocycles. The van der Waals surface area contributed by atoms with E-state index in [0.29, 0.717) is 0 Å². The summed E-state index contributed by atoms with van der Waals surface area (Å²) in [6, 6.07) is 3.28. The molecule has 1 unspecified atom stereocenters. The fourth-order valence-corrected chi connectivity index (χ4v) is 5.73. The van der Waals surface area contributed by atoms with Crippen LogP contribution in [0.5, 0.6) is 0 Å². The summed E-state index contributed by atoms with van der Waals surface area (Å²) in [6.45, 7) is 2.12. The van der Waals surface area contributed by atoms with E-state index in [-0.39, 0.29) is 48.9 Å². The Hall–Kier alpha value is -1.76. The predicted octanol–water partition coefficient (Wildman–Crippen LogP) is 2.65. The number of anilines is 1. The maximum absolute atomic E-state index is 13.4. The van der Waals surface area contributed by atoms with E-state index in [0.717, 1.165) is 12.1 Å². The van der Waals surface area contributed by atoms with Gasteiger partial charge in [0.15, 0.2) is 5.79 Å². The first-order chi connectivity index (χ1) is 15.6. The molecule has 2 aliphatic rings. The molecule has 1 aliphatic heterocycles. The molecule has 1 saturated heterocycles. The second-order valence-corrected chi connectivity index (χ2v) is 9.92. The van der Waals surface area contributed by atoms with Crippen molar-refractivity contribution in [1.82, 2.24) is 0 Å². The highest BCUT2D eigenvalue weighted by Gasteiger charge is 2.51. The maximum atomic E-state index is 13.4. The molecule has 0 radical (unpaired) electrons. The fraction of sp³-hybridized carbons (Fsp3) is 0.571. The number of methoxy groups -OCH3 is 2. The van der Waals surface area contributed by atoms with Gasteiger partial charge in [-0.15, -0.1) is 0 Å².